The fourth-order valence-corrected chi connectivity index (χ4v) is 4.16. The van der Waals surface area contributed by atoms with Gasteiger partial charge in [-0.15, -0.1) is 11.3 Å². The number of nitrogens with two attached hydrogens (primary N) is 1. The highest BCUT2D eigenvalue weighted by molar-refractivity contribution is 9.10. The molecule has 1 aromatic heterocycles. The van der Waals surface area contributed by atoms with E-state index >= 15 is 0 Å². The summed E-state index contributed by atoms with van der Waals surface area (Å²) < 4.78 is 41.3. The lowest BCUT2D eigenvalue weighted by Gasteiger charge is -2.10. The first kappa shape index (κ1) is 16.5. The van der Waals surface area contributed by atoms with Gasteiger partial charge in [-0.3, -0.25) is 0 Å². The molecular weight excluding hydrogens is 381 g/mol. The summed E-state index contributed by atoms with van der Waals surface area (Å²) in [6.45, 7) is 0.0761. The molecule has 0 aliphatic heterocycles. The number of hydrogen-bond acceptors (Lipinski definition) is 5. The van der Waals surface area contributed by atoms with E-state index < -0.39 is 20.7 Å². The standard InChI is InChI=1S/C12H13BrFN3O2S2/c13-9-5-8(7-15)12(14)10(6-9)21(18,19)17-2-1-11-16-3-4-20-11/h3-6,17H,1-2,7,15H2. The molecule has 0 aliphatic carbocycles. The van der Waals surface area contributed by atoms with Gasteiger partial charge in [-0.25, -0.2) is 22.5 Å². The van der Waals surface area contributed by atoms with Gasteiger partial charge in [-0.2, -0.15) is 0 Å². The fourth-order valence-electron chi connectivity index (χ4n) is 1.71. The van der Waals surface area contributed by atoms with Gasteiger partial charge in [0.1, 0.15) is 10.7 Å². The van der Waals surface area contributed by atoms with E-state index in [4.69, 9.17) is 5.73 Å². The Morgan fingerprint density at radius 2 is 2.19 bits per heavy atom. The van der Waals surface area contributed by atoms with Crippen LogP contribution in [0.1, 0.15) is 10.6 Å². The molecular formula is C12H13BrFN3O2S2. The topological polar surface area (TPSA) is 85.1 Å². The van der Waals surface area contributed by atoms with Crippen LogP contribution in [0.2, 0.25) is 0 Å². The zero-order valence-electron chi connectivity index (χ0n) is 10.8. The minimum absolute atomic E-state index is 0.0765. The third kappa shape index (κ3) is 4.07. The largest absolute Gasteiger partial charge is 0.326 e. The Morgan fingerprint density at radius 1 is 1.43 bits per heavy atom. The van der Waals surface area contributed by atoms with E-state index in [1.54, 1.807) is 6.20 Å². The number of hydrogen-bond donors (Lipinski definition) is 2. The van der Waals surface area contributed by atoms with Gasteiger partial charge >= 0.3 is 0 Å². The Morgan fingerprint density at radius 3 is 2.81 bits per heavy atom. The Kier molecular flexibility index (Phi) is 5.44. The SMILES string of the molecule is NCc1cc(Br)cc(S(=O)(=O)NCCc2nccs2)c1F. The van der Waals surface area contributed by atoms with Crippen molar-refractivity contribution in [3.63, 3.8) is 0 Å². The van der Waals surface area contributed by atoms with Gasteiger partial charge in [0.15, 0.2) is 0 Å². The quantitative estimate of drug-likeness (QED) is 0.785. The van der Waals surface area contributed by atoms with E-state index in [1.165, 1.54) is 23.5 Å². The predicted octanol–water partition coefficient (Wildman–Crippen LogP) is 2.02. The lowest BCUT2D eigenvalue weighted by Crippen LogP contribution is -2.27. The van der Waals surface area contributed by atoms with Crippen molar-refractivity contribution < 1.29 is 12.8 Å². The van der Waals surface area contributed by atoms with Gasteiger partial charge in [-0.1, -0.05) is 15.9 Å². The van der Waals surface area contributed by atoms with Gasteiger partial charge in [0, 0.05) is 41.1 Å². The molecule has 0 aliphatic rings. The van der Waals surface area contributed by atoms with Crippen molar-refractivity contribution in [3.8, 4) is 0 Å². The molecule has 5 nitrogen and oxygen atoms in total. The summed E-state index contributed by atoms with van der Waals surface area (Å²) in [5, 5.41) is 2.63. The van der Waals surface area contributed by atoms with Crippen LogP contribution >= 0.6 is 27.3 Å². The first-order chi connectivity index (χ1) is 9.94. The maximum Gasteiger partial charge on any atom is 0.243 e. The van der Waals surface area contributed by atoms with E-state index in [-0.39, 0.29) is 18.7 Å². The Balaban J connectivity index is 2.17. The molecule has 3 N–H and O–H groups in total. The summed E-state index contributed by atoms with van der Waals surface area (Å²) in [5.74, 6) is -0.817. The van der Waals surface area contributed by atoms with E-state index in [0.29, 0.717) is 10.9 Å². The number of nitrogens with one attached hydrogen (secondary N) is 1. The lowest BCUT2D eigenvalue weighted by atomic mass is 10.2. The molecule has 114 valence electrons. The molecule has 2 aromatic rings. The molecule has 0 atom stereocenters. The minimum atomic E-state index is -3.93. The highest BCUT2D eigenvalue weighted by atomic mass is 79.9. The molecule has 1 heterocycles. The van der Waals surface area contributed by atoms with Gasteiger partial charge in [0.05, 0.1) is 5.01 Å². The molecule has 0 spiro atoms. The highest BCUT2D eigenvalue weighted by Gasteiger charge is 2.21. The smallest absolute Gasteiger partial charge is 0.243 e. The normalized spacial score (nSPS) is 11.8. The zero-order chi connectivity index (χ0) is 15.5. The second-order valence-corrected chi connectivity index (χ2v) is 7.78. The maximum absolute atomic E-state index is 14.1. The molecule has 0 fully saturated rings. The summed E-state index contributed by atoms with van der Waals surface area (Å²) >= 11 is 4.59. The highest BCUT2D eigenvalue weighted by Crippen LogP contribution is 2.23. The molecule has 0 radical (unpaired) electrons. The van der Waals surface area contributed by atoms with Gasteiger partial charge in [-0.05, 0) is 12.1 Å². The third-order valence-electron chi connectivity index (χ3n) is 2.70. The van der Waals surface area contributed by atoms with Gasteiger partial charge in [0.25, 0.3) is 0 Å². The van der Waals surface area contributed by atoms with Crippen LogP contribution in [-0.4, -0.2) is 19.9 Å². The van der Waals surface area contributed by atoms with E-state index in [1.807, 2.05) is 5.38 Å². The monoisotopic (exact) mass is 393 g/mol. The van der Waals surface area contributed by atoms with E-state index in [2.05, 4.69) is 25.6 Å². The summed E-state index contributed by atoms with van der Waals surface area (Å²) in [6, 6.07) is 2.68. The summed E-state index contributed by atoms with van der Waals surface area (Å²) in [5.41, 5.74) is 5.56. The first-order valence-electron chi connectivity index (χ1n) is 6.00. The Hall–Kier alpha value is -0.870. The molecule has 21 heavy (non-hydrogen) atoms. The predicted molar refractivity (Wildman–Crippen MR) is 83.0 cm³/mol. The van der Waals surface area contributed by atoms with Crippen LogP contribution in [-0.2, 0) is 23.0 Å². The van der Waals surface area contributed by atoms with Gasteiger partial charge in [0.2, 0.25) is 10.0 Å². The van der Waals surface area contributed by atoms with E-state index in [9.17, 15) is 12.8 Å². The van der Waals surface area contributed by atoms with Crippen molar-refractivity contribution in [2.75, 3.05) is 6.54 Å². The van der Waals surface area contributed by atoms with Crippen LogP contribution in [0.25, 0.3) is 0 Å². The number of rotatable bonds is 6. The second-order valence-electron chi connectivity index (χ2n) is 4.15. The lowest BCUT2D eigenvalue weighted by molar-refractivity contribution is 0.549. The molecule has 0 bridgehead atoms. The average Bonchev–Trinajstić information content (AvgIpc) is 2.93. The fraction of sp³-hybridized carbons (Fsp3) is 0.250. The molecule has 9 heteroatoms. The van der Waals surface area contributed by atoms with Crippen LogP contribution in [0.15, 0.2) is 33.1 Å². The van der Waals surface area contributed by atoms with Crippen molar-refractivity contribution >= 4 is 37.3 Å². The van der Waals surface area contributed by atoms with Crippen LogP contribution in [0.4, 0.5) is 4.39 Å². The number of halogens is 2. The minimum Gasteiger partial charge on any atom is -0.326 e. The molecule has 1 aromatic carbocycles. The molecule has 0 unspecified atom stereocenters. The Labute approximate surface area is 134 Å². The van der Waals surface area contributed by atoms with Crippen LogP contribution in [0.5, 0.6) is 0 Å². The number of thiazole rings is 1. The second kappa shape index (κ2) is 6.93. The van der Waals surface area contributed by atoms with Crippen LogP contribution in [0.3, 0.4) is 0 Å². The number of sulfonamides is 1. The summed E-state index contributed by atoms with van der Waals surface area (Å²) in [7, 11) is -3.93. The first-order valence-corrected chi connectivity index (χ1v) is 9.15. The zero-order valence-corrected chi connectivity index (χ0v) is 14.1. The van der Waals surface area contributed by atoms with Crippen molar-refractivity contribution in [3.05, 3.63) is 44.6 Å². The summed E-state index contributed by atoms with van der Waals surface area (Å²) in [4.78, 5) is 3.65. The molecule has 0 saturated heterocycles. The van der Waals surface area contributed by atoms with Gasteiger partial charge < -0.3 is 5.73 Å². The van der Waals surface area contributed by atoms with Crippen LogP contribution in [0, 0.1) is 5.82 Å². The molecule has 0 saturated carbocycles. The van der Waals surface area contributed by atoms with E-state index in [0.717, 1.165) is 5.01 Å². The van der Waals surface area contributed by atoms with Crippen molar-refractivity contribution in [2.24, 2.45) is 5.73 Å². The molecule has 2 rings (SSSR count). The number of benzene rings is 1. The maximum atomic E-state index is 14.1. The number of nitrogens with zero attached hydrogens (tertiary/aromatic N) is 1. The average molecular weight is 394 g/mol. The number of aromatic nitrogens is 1. The van der Waals surface area contributed by atoms with Crippen LogP contribution < -0.4 is 10.5 Å². The molecule has 0 amide bonds. The van der Waals surface area contributed by atoms with Crippen molar-refractivity contribution in [2.45, 2.75) is 17.9 Å². The van der Waals surface area contributed by atoms with Crippen molar-refractivity contribution in [1.82, 2.24) is 9.71 Å². The third-order valence-corrected chi connectivity index (χ3v) is 5.46. The Bertz CT molecular complexity index is 720. The summed E-state index contributed by atoms with van der Waals surface area (Å²) in [6.07, 6.45) is 2.10. The van der Waals surface area contributed by atoms with Crippen molar-refractivity contribution in [1.29, 1.82) is 0 Å².